The van der Waals surface area contributed by atoms with Crippen LogP contribution in [-0.4, -0.2) is 41.6 Å². The highest BCUT2D eigenvalue weighted by atomic mass is 32.2. The fourth-order valence-electron chi connectivity index (χ4n) is 2.36. The molecule has 0 bridgehead atoms. The summed E-state index contributed by atoms with van der Waals surface area (Å²) in [6, 6.07) is 5.87. The third-order valence-corrected chi connectivity index (χ3v) is 4.50. The van der Waals surface area contributed by atoms with Gasteiger partial charge in [-0.15, -0.1) is 11.8 Å². The number of piperazine rings is 1. The van der Waals surface area contributed by atoms with Crippen molar-refractivity contribution < 1.29 is 9.59 Å². The number of hydrogen-bond donors (Lipinski definition) is 1. The minimum atomic E-state index is -0.808. The summed E-state index contributed by atoms with van der Waals surface area (Å²) in [5.74, 6) is -0.172. The number of nitrogens with one attached hydrogen (secondary N) is 1. The molecule has 0 saturated carbocycles. The maximum Gasteiger partial charge on any atom is 0.255 e. The minimum Gasteiger partial charge on any atom is -0.352 e. The molecule has 108 valence electrons. The molecule has 1 fully saturated rings. The number of aryl methyl sites for hydroxylation is 1. The van der Waals surface area contributed by atoms with E-state index in [2.05, 4.69) is 5.32 Å². The van der Waals surface area contributed by atoms with Gasteiger partial charge >= 0.3 is 0 Å². The number of carbonyl (C=O) groups excluding carboxylic acids is 2. The van der Waals surface area contributed by atoms with Crippen molar-refractivity contribution in [2.75, 3.05) is 19.3 Å². The van der Waals surface area contributed by atoms with Crippen LogP contribution in [0.3, 0.4) is 0 Å². The highest BCUT2D eigenvalue weighted by Crippen LogP contribution is 2.25. The van der Waals surface area contributed by atoms with Gasteiger partial charge in [-0.1, -0.05) is 6.07 Å². The van der Waals surface area contributed by atoms with Crippen LogP contribution in [0.2, 0.25) is 0 Å². The van der Waals surface area contributed by atoms with Gasteiger partial charge in [-0.2, -0.15) is 0 Å². The van der Waals surface area contributed by atoms with Crippen LogP contribution in [0, 0.1) is 6.92 Å². The largest absolute Gasteiger partial charge is 0.352 e. The van der Waals surface area contributed by atoms with Gasteiger partial charge in [0.1, 0.15) is 5.54 Å². The van der Waals surface area contributed by atoms with Crippen LogP contribution in [-0.2, 0) is 4.79 Å². The highest BCUT2D eigenvalue weighted by Gasteiger charge is 2.40. The SMILES string of the molecule is CSc1ccc(C)c(C(=O)N2CCNC(=O)C2(C)C)c1. The van der Waals surface area contributed by atoms with Gasteiger partial charge in [0.15, 0.2) is 0 Å². The summed E-state index contributed by atoms with van der Waals surface area (Å²) in [7, 11) is 0. The quantitative estimate of drug-likeness (QED) is 0.849. The Balaban J connectivity index is 2.38. The lowest BCUT2D eigenvalue weighted by atomic mass is 9.96. The lowest BCUT2D eigenvalue weighted by Gasteiger charge is -2.41. The summed E-state index contributed by atoms with van der Waals surface area (Å²) in [5, 5.41) is 2.81. The molecule has 0 aliphatic carbocycles. The monoisotopic (exact) mass is 292 g/mol. The van der Waals surface area contributed by atoms with Crippen molar-refractivity contribution in [2.24, 2.45) is 0 Å². The molecule has 0 spiro atoms. The van der Waals surface area contributed by atoms with Crippen molar-refractivity contribution in [1.29, 1.82) is 0 Å². The first kappa shape index (κ1) is 14.9. The molecule has 1 aromatic rings. The molecule has 5 heteroatoms. The van der Waals surface area contributed by atoms with Gasteiger partial charge in [0.2, 0.25) is 5.91 Å². The van der Waals surface area contributed by atoms with Gasteiger partial charge in [0, 0.05) is 23.5 Å². The topological polar surface area (TPSA) is 49.4 Å². The molecule has 1 heterocycles. The molecule has 1 aromatic carbocycles. The second-order valence-corrected chi connectivity index (χ2v) is 6.33. The van der Waals surface area contributed by atoms with E-state index in [1.807, 2.05) is 31.4 Å². The van der Waals surface area contributed by atoms with E-state index in [4.69, 9.17) is 0 Å². The van der Waals surface area contributed by atoms with Crippen LogP contribution >= 0.6 is 11.8 Å². The zero-order valence-electron chi connectivity index (χ0n) is 12.3. The molecule has 4 nitrogen and oxygen atoms in total. The van der Waals surface area contributed by atoms with Crippen LogP contribution < -0.4 is 5.32 Å². The van der Waals surface area contributed by atoms with Gasteiger partial charge in [-0.3, -0.25) is 9.59 Å². The molecule has 0 aromatic heterocycles. The average Bonchev–Trinajstić information content (AvgIpc) is 2.41. The van der Waals surface area contributed by atoms with Gasteiger partial charge in [0.25, 0.3) is 5.91 Å². The van der Waals surface area contributed by atoms with Crippen LogP contribution in [0.1, 0.15) is 29.8 Å². The fraction of sp³-hybridized carbons (Fsp3) is 0.467. The van der Waals surface area contributed by atoms with Gasteiger partial charge in [0.05, 0.1) is 0 Å². The smallest absolute Gasteiger partial charge is 0.255 e. The average molecular weight is 292 g/mol. The van der Waals surface area contributed by atoms with Crippen molar-refractivity contribution in [3.63, 3.8) is 0 Å². The lowest BCUT2D eigenvalue weighted by molar-refractivity contribution is -0.133. The zero-order valence-corrected chi connectivity index (χ0v) is 13.1. The number of carbonyl (C=O) groups is 2. The molecular weight excluding hydrogens is 272 g/mol. The summed E-state index contributed by atoms with van der Waals surface area (Å²) < 4.78 is 0. The first-order valence-electron chi connectivity index (χ1n) is 6.63. The van der Waals surface area contributed by atoms with Crippen molar-refractivity contribution >= 4 is 23.6 Å². The Morgan fingerprint density at radius 3 is 2.75 bits per heavy atom. The Hall–Kier alpha value is -1.49. The maximum absolute atomic E-state index is 12.8. The number of thioether (sulfide) groups is 1. The first-order chi connectivity index (χ1) is 9.37. The zero-order chi connectivity index (χ0) is 14.9. The molecule has 0 radical (unpaired) electrons. The lowest BCUT2D eigenvalue weighted by Crippen LogP contribution is -2.63. The van der Waals surface area contributed by atoms with E-state index in [-0.39, 0.29) is 11.8 Å². The minimum absolute atomic E-state index is 0.0711. The van der Waals surface area contributed by atoms with Crippen molar-refractivity contribution in [3.8, 4) is 0 Å². The molecule has 1 N–H and O–H groups in total. The van der Waals surface area contributed by atoms with Crippen LogP contribution in [0.5, 0.6) is 0 Å². The van der Waals surface area contributed by atoms with Crippen LogP contribution in [0.15, 0.2) is 23.1 Å². The molecule has 20 heavy (non-hydrogen) atoms. The Morgan fingerprint density at radius 2 is 2.10 bits per heavy atom. The third-order valence-electron chi connectivity index (χ3n) is 3.77. The molecule has 1 aliphatic heterocycles. The van der Waals surface area contributed by atoms with Gasteiger partial charge in [-0.05, 0) is 44.7 Å². The summed E-state index contributed by atoms with van der Waals surface area (Å²) in [6.07, 6.45) is 1.98. The second-order valence-electron chi connectivity index (χ2n) is 5.45. The van der Waals surface area contributed by atoms with E-state index in [9.17, 15) is 9.59 Å². The van der Waals surface area contributed by atoms with E-state index >= 15 is 0 Å². The third kappa shape index (κ3) is 2.54. The Kier molecular flexibility index (Phi) is 4.09. The summed E-state index contributed by atoms with van der Waals surface area (Å²) >= 11 is 1.61. The molecule has 1 aliphatic rings. The number of rotatable bonds is 2. The predicted molar refractivity (Wildman–Crippen MR) is 81.1 cm³/mol. The molecule has 0 unspecified atom stereocenters. The van der Waals surface area contributed by atoms with E-state index < -0.39 is 5.54 Å². The second kappa shape index (κ2) is 5.48. The number of nitrogens with zero attached hydrogens (tertiary/aromatic N) is 1. The number of hydrogen-bond acceptors (Lipinski definition) is 3. The highest BCUT2D eigenvalue weighted by molar-refractivity contribution is 7.98. The number of benzene rings is 1. The van der Waals surface area contributed by atoms with E-state index in [1.165, 1.54) is 0 Å². The molecular formula is C15H20N2O2S. The van der Waals surface area contributed by atoms with Crippen molar-refractivity contribution in [2.45, 2.75) is 31.2 Å². The van der Waals surface area contributed by atoms with Crippen molar-refractivity contribution in [1.82, 2.24) is 10.2 Å². The fourth-order valence-corrected chi connectivity index (χ4v) is 2.80. The standard InChI is InChI=1S/C15H20N2O2S/c1-10-5-6-11(20-4)9-12(10)13(18)17-8-7-16-14(19)15(17,2)3/h5-6,9H,7-8H2,1-4H3,(H,16,19). The predicted octanol–water partition coefficient (Wildman–Crippen LogP) is 2.07. The van der Waals surface area contributed by atoms with E-state index in [1.54, 1.807) is 30.5 Å². The van der Waals surface area contributed by atoms with E-state index in [0.717, 1.165) is 10.5 Å². The van der Waals surface area contributed by atoms with Gasteiger partial charge < -0.3 is 10.2 Å². The number of amides is 2. The van der Waals surface area contributed by atoms with Gasteiger partial charge in [-0.25, -0.2) is 0 Å². The summed E-state index contributed by atoms with van der Waals surface area (Å²) in [5.41, 5.74) is 0.811. The summed E-state index contributed by atoms with van der Waals surface area (Å²) in [4.78, 5) is 27.5. The summed E-state index contributed by atoms with van der Waals surface area (Å²) in [6.45, 7) is 6.55. The maximum atomic E-state index is 12.8. The van der Waals surface area contributed by atoms with E-state index in [0.29, 0.717) is 18.7 Å². The normalized spacial score (nSPS) is 17.8. The Bertz CT molecular complexity index is 555. The molecule has 2 amide bonds. The van der Waals surface area contributed by atoms with Crippen LogP contribution in [0.25, 0.3) is 0 Å². The molecule has 0 atom stereocenters. The molecule has 2 rings (SSSR count). The van der Waals surface area contributed by atoms with Crippen molar-refractivity contribution in [3.05, 3.63) is 29.3 Å². The Labute approximate surface area is 123 Å². The Morgan fingerprint density at radius 1 is 1.40 bits per heavy atom. The molecule has 1 saturated heterocycles. The van der Waals surface area contributed by atoms with Crippen LogP contribution in [0.4, 0.5) is 0 Å². The first-order valence-corrected chi connectivity index (χ1v) is 7.85.